The quantitative estimate of drug-likeness (QED) is 0.853. The van der Waals surface area contributed by atoms with Crippen LogP contribution >= 0.6 is 0 Å². The number of amides is 1. The molecular formula is C13H17FN2O. The number of anilines is 1. The maximum Gasteiger partial charge on any atom is 0.253 e. The Morgan fingerprint density at radius 3 is 2.65 bits per heavy atom. The maximum absolute atomic E-state index is 13.3. The van der Waals surface area contributed by atoms with E-state index in [0.717, 1.165) is 25.9 Å². The number of hydrogen-bond donors (Lipinski definition) is 1. The Morgan fingerprint density at radius 2 is 2.00 bits per heavy atom. The molecule has 1 fully saturated rings. The number of carbonyl (C=O) groups is 1. The first-order valence-corrected chi connectivity index (χ1v) is 5.99. The first kappa shape index (κ1) is 11.9. The first-order valence-electron chi connectivity index (χ1n) is 5.99. The van der Waals surface area contributed by atoms with Gasteiger partial charge in [0.2, 0.25) is 0 Å². The van der Waals surface area contributed by atoms with Crippen LogP contribution in [0.25, 0.3) is 0 Å². The van der Waals surface area contributed by atoms with Gasteiger partial charge in [0.05, 0.1) is 11.3 Å². The van der Waals surface area contributed by atoms with Crippen molar-refractivity contribution in [3.63, 3.8) is 0 Å². The van der Waals surface area contributed by atoms with Gasteiger partial charge in [-0.1, -0.05) is 0 Å². The Morgan fingerprint density at radius 1 is 1.29 bits per heavy atom. The van der Waals surface area contributed by atoms with Crippen molar-refractivity contribution >= 4 is 11.6 Å². The van der Waals surface area contributed by atoms with E-state index in [1.807, 2.05) is 0 Å². The lowest BCUT2D eigenvalue weighted by Crippen LogP contribution is -2.32. The SMILES string of the molecule is CNC(=O)c1ccc(F)cc1N1CCCCC1. The molecule has 1 aromatic rings. The van der Waals surface area contributed by atoms with Crippen LogP contribution in [0.4, 0.5) is 10.1 Å². The normalized spacial score (nSPS) is 15.8. The summed E-state index contributed by atoms with van der Waals surface area (Å²) in [7, 11) is 1.59. The van der Waals surface area contributed by atoms with Crippen LogP contribution in [0.15, 0.2) is 18.2 Å². The zero-order valence-corrected chi connectivity index (χ0v) is 10.0. The number of halogens is 1. The van der Waals surface area contributed by atoms with Gasteiger partial charge in [0, 0.05) is 20.1 Å². The van der Waals surface area contributed by atoms with Crippen LogP contribution in [0.2, 0.25) is 0 Å². The minimum absolute atomic E-state index is 0.162. The van der Waals surface area contributed by atoms with Crippen molar-refractivity contribution in [2.75, 3.05) is 25.0 Å². The molecule has 1 saturated heterocycles. The van der Waals surface area contributed by atoms with Gasteiger partial charge in [-0.25, -0.2) is 4.39 Å². The molecule has 2 rings (SSSR count). The van der Waals surface area contributed by atoms with E-state index >= 15 is 0 Å². The van der Waals surface area contributed by atoms with Crippen LogP contribution in [0.3, 0.4) is 0 Å². The summed E-state index contributed by atoms with van der Waals surface area (Å²) in [5.74, 6) is -0.455. The molecule has 92 valence electrons. The molecule has 4 heteroatoms. The second-order valence-corrected chi connectivity index (χ2v) is 4.29. The van der Waals surface area contributed by atoms with Crippen molar-refractivity contribution in [2.45, 2.75) is 19.3 Å². The summed E-state index contributed by atoms with van der Waals surface area (Å²) in [6, 6.07) is 4.34. The molecule has 0 radical (unpaired) electrons. The molecule has 0 unspecified atom stereocenters. The predicted molar refractivity (Wildman–Crippen MR) is 65.9 cm³/mol. The lowest BCUT2D eigenvalue weighted by molar-refractivity contribution is 0.0963. The van der Waals surface area contributed by atoms with Crippen LogP contribution < -0.4 is 10.2 Å². The summed E-state index contributed by atoms with van der Waals surface area (Å²) < 4.78 is 13.3. The molecule has 1 amide bonds. The zero-order valence-electron chi connectivity index (χ0n) is 10.0. The van der Waals surface area contributed by atoms with Crippen molar-refractivity contribution in [2.24, 2.45) is 0 Å². The van der Waals surface area contributed by atoms with Crippen LogP contribution in [0, 0.1) is 5.82 Å². The molecule has 1 aromatic carbocycles. The van der Waals surface area contributed by atoms with Gasteiger partial charge in [0.15, 0.2) is 0 Å². The first-order chi connectivity index (χ1) is 8.22. The van der Waals surface area contributed by atoms with Crippen molar-refractivity contribution in [1.82, 2.24) is 5.32 Å². The topological polar surface area (TPSA) is 32.3 Å². The average Bonchev–Trinajstić information content (AvgIpc) is 2.39. The number of hydrogen-bond acceptors (Lipinski definition) is 2. The minimum Gasteiger partial charge on any atom is -0.371 e. The van der Waals surface area contributed by atoms with Crippen LogP contribution in [0.5, 0.6) is 0 Å². The van der Waals surface area contributed by atoms with Crippen molar-refractivity contribution in [3.05, 3.63) is 29.6 Å². The monoisotopic (exact) mass is 236 g/mol. The summed E-state index contributed by atoms with van der Waals surface area (Å²) in [6.07, 6.45) is 3.41. The van der Waals surface area contributed by atoms with Crippen molar-refractivity contribution < 1.29 is 9.18 Å². The van der Waals surface area contributed by atoms with Crippen molar-refractivity contribution in [3.8, 4) is 0 Å². The minimum atomic E-state index is -0.293. The van der Waals surface area contributed by atoms with E-state index in [-0.39, 0.29) is 11.7 Å². The number of nitrogens with one attached hydrogen (secondary N) is 1. The van der Waals surface area contributed by atoms with Crippen LogP contribution in [-0.4, -0.2) is 26.0 Å². The number of piperidine rings is 1. The molecule has 1 aliphatic rings. The molecule has 3 nitrogen and oxygen atoms in total. The third-order valence-corrected chi connectivity index (χ3v) is 3.13. The molecule has 0 atom stereocenters. The van der Waals surface area contributed by atoms with Crippen LogP contribution in [0.1, 0.15) is 29.6 Å². The van der Waals surface area contributed by atoms with Gasteiger partial charge in [0.25, 0.3) is 5.91 Å². The van der Waals surface area contributed by atoms with E-state index in [4.69, 9.17) is 0 Å². The maximum atomic E-state index is 13.3. The van der Waals surface area contributed by atoms with E-state index in [9.17, 15) is 9.18 Å². The fourth-order valence-electron chi connectivity index (χ4n) is 2.23. The molecule has 1 aliphatic heterocycles. The highest BCUT2D eigenvalue weighted by Crippen LogP contribution is 2.25. The molecule has 0 saturated carbocycles. The van der Waals surface area contributed by atoms with E-state index in [1.165, 1.54) is 18.6 Å². The third kappa shape index (κ3) is 2.57. The van der Waals surface area contributed by atoms with Gasteiger partial charge in [-0.05, 0) is 37.5 Å². The van der Waals surface area contributed by atoms with Gasteiger partial charge < -0.3 is 10.2 Å². The zero-order chi connectivity index (χ0) is 12.3. The van der Waals surface area contributed by atoms with Crippen molar-refractivity contribution in [1.29, 1.82) is 0 Å². The van der Waals surface area contributed by atoms with E-state index in [2.05, 4.69) is 10.2 Å². The smallest absolute Gasteiger partial charge is 0.253 e. The summed E-state index contributed by atoms with van der Waals surface area (Å²) in [5, 5.41) is 2.59. The average molecular weight is 236 g/mol. The number of rotatable bonds is 2. The summed E-state index contributed by atoms with van der Waals surface area (Å²) in [5.41, 5.74) is 1.26. The number of benzene rings is 1. The highest BCUT2D eigenvalue weighted by atomic mass is 19.1. The molecule has 0 bridgehead atoms. The molecule has 0 spiro atoms. The number of carbonyl (C=O) groups excluding carboxylic acids is 1. The highest BCUT2D eigenvalue weighted by Gasteiger charge is 2.18. The molecule has 1 N–H and O–H groups in total. The van der Waals surface area contributed by atoms with Gasteiger partial charge >= 0.3 is 0 Å². The van der Waals surface area contributed by atoms with Gasteiger partial charge in [-0.2, -0.15) is 0 Å². The second kappa shape index (κ2) is 5.17. The summed E-state index contributed by atoms with van der Waals surface area (Å²) in [6.45, 7) is 1.79. The fourth-order valence-corrected chi connectivity index (χ4v) is 2.23. The molecule has 0 aromatic heterocycles. The summed E-state index contributed by atoms with van der Waals surface area (Å²) in [4.78, 5) is 13.8. The third-order valence-electron chi connectivity index (χ3n) is 3.13. The molecule has 0 aliphatic carbocycles. The predicted octanol–water partition coefficient (Wildman–Crippen LogP) is 2.18. The second-order valence-electron chi connectivity index (χ2n) is 4.29. The van der Waals surface area contributed by atoms with Crippen LogP contribution in [-0.2, 0) is 0 Å². The van der Waals surface area contributed by atoms with Gasteiger partial charge in [-0.3, -0.25) is 4.79 Å². The lowest BCUT2D eigenvalue weighted by atomic mass is 10.1. The van der Waals surface area contributed by atoms with E-state index in [0.29, 0.717) is 11.3 Å². The fraction of sp³-hybridized carbons (Fsp3) is 0.462. The van der Waals surface area contributed by atoms with Gasteiger partial charge in [-0.15, -0.1) is 0 Å². The molecule has 1 heterocycles. The Hall–Kier alpha value is -1.58. The Kier molecular flexibility index (Phi) is 3.61. The summed E-state index contributed by atoms with van der Waals surface area (Å²) >= 11 is 0. The van der Waals surface area contributed by atoms with Gasteiger partial charge in [0.1, 0.15) is 5.82 Å². The lowest BCUT2D eigenvalue weighted by Gasteiger charge is -2.30. The molecular weight excluding hydrogens is 219 g/mol. The standard InChI is InChI=1S/C13H17FN2O/c1-15-13(17)11-6-5-10(14)9-12(11)16-7-3-2-4-8-16/h5-6,9H,2-4,7-8H2,1H3,(H,15,17). The highest BCUT2D eigenvalue weighted by molar-refractivity contribution is 5.99. The number of nitrogens with zero attached hydrogens (tertiary/aromatic N) is 1. The van der Waals surface area contributed by atoms with E-state index in [1.54, 1.807) is 13.1 Å². The Balaban J connectivity index is 2.35. The molecule has 17 heavy (non-hydrogen) atoms. The largest absolute Gasteiger partial charge is 0.371 e. The Bertz CT molecular complexity index is 414. The van der Waals surface area contributed by atoms with E-state index < -0.39 is 0 Å². The Labute approximate surface area is 101 Å².